The average molecular weight is 376 g/mol. The molecule has 2 aliphatic carbocycles. The van der Waals surface area contributed by atoms with E-state index in [1.165, 1.54) is 24.2 Å². The van der Waals surface area contributed by atoms with Crippen molar-refractivity contribution in [3.05, 3.63) is 65.7 Å². The topological polar surface area (TPSA) is 101 Å². The smallest absolute Gasteiger partial charge is 0.354 e. The first-order valence-corrected chi connectivity index (χ1v) is 9.47. The summed E-state index contributed by atoms with van der Waals surface area (Å²) in [4.78, 5) is 19.4. The van der Waals surface area contributed by atoms with Crippen LogP contribution in [-0.2, 0) is 5.41 Å². The number of rotatable bonds is 7. The summed E-state index contributed by atoms with van der Waals surface area (Å²) < 4.78 is 5.41. The Morgan fingerprint density at radius 3 is 2.71 bits per heavy atom. The standard InChI is InChI=1S/C21H20N4O3/c26-19(27)16-7-6-14(11-22-16)18-24-20(25-28-18)21(8-9-21)12-23-17-10-15(17)13-4-2-1-3-5-13/h1-7,11,15,17,23H,8-10,12H2,(H,26,27)/t15?,17-/m0/s1. The van der Waals surface area contributed by atoms with Crippen molar-refractivity contribution < 1.29 is 14.4 Å². The van der Waals surface area contributed by atoms with Crippen LogP contribution in [0, 0.1) is 0 Å². The van der Waals surface area contributed by atoms with Gasteiger partial charge in [-0.25, -0.2) is 9.78 Å². The van der Waals surface area contributed by atoms with Crippen molar-refractivity contribution >= 4 is 5.97 Å². The molecule has 2 fully saturated rings. The molecule has 1 unspecified atom stereocenters. The van der Waals surface area contributed by atoms with Gasteiger partial charge < -0.3 is 14.9 Å². The van der Waals surface area contributed by atoms with Crippen LogP contribution in [0.3, 0.4) is 0 Å². The van der Waals surface area contributed by atoms with Crippen LogP contribution in [0.1, 0.15) is 47.1 Å². The van der Waals surface area contributed by atoms with Crippen LogP contribution < -0.4 is 5.32 Å². The molecule has 0 bridgehead atoms. The Hall–Kier alpha value is -3.06. The second-order valence-electron chi connectivity index (χ2n) is 7.68. The summed E-state index contributed by atoms with van der Waals surface area (Å²) in [6, 6.07) is 14.2. The Balaban J connectivity index is 1.24. The first kappa shape index (κ1) is 17.1. The SMILES string of the molecule is O=C(O)c1ccc(-c2nc(C3(CN[C@H]4CC4c4ccccc4)CC3)no2)cn1. The van der Waals surface area contributed by atoms with Gasteiger partial charge in [0.2, 0.25) is 0 Å². The van der Waals surface area contributed by atoms with Crippen LogP contribution in [0.15, 0.2) is 53.2 Å². The second kappa shape index (κ2) is 6.53. The van der Waals surface area contributed by atoms with Gasteiger partial charge in [-0.1, -0.05) is 35.5 Å². The molecule has 2 N–H and O–H groups in total. The zero-order chi connectivity index (χ0) is 19.1. The third-order valence-electron chi connectivity index (χ3n) is 5.70. The highest BCUT2D eigenvalue weighted by Gasteiger charge is 2.50. The molecule has 0 amide bonds. The minimum atomic E-state index is -1.06. The number of pyridine rings is 1. The molecule has 0 aliphatic heterocycles. The van der Waals surface area contributed by atoms with E-state index >= 15 is 0 Å². The van der Waals surface area contributed by atoms with Gasteiger partial charge in [0.1, 0.15) is 5.69 Å². The lowest BCUT2D eigenvalue weighted by Gasteiger charge is -2.12. The van der Waals surface area contributed by atoms with E-state index in [4.69, 9.17) is 9.63 Å². The molecule has 7 heteroatoms. The number of aromatic carboxylic acids is 1. The van der Waals surface area contributed by atoms with Gasteiger partial charge in [0, 0.05) is 30.1 Å². The van der Waals surface area contributed by atoms with Crippen molar-refractivity contribution in [2.45, 2.75) is 36.6 Å². The fourth-order valence-electron chi connectivity index (χ4n) is 3.65. The van der Waals surface area contributed by atoms with Gasteiger partial charge in [-0.15, -0.1) is 0 Å². The molecule has 2 atom stereocenters. The van der Waals surface area contributed by atoms with E-state index in [2.05, 4.69) is 44.7 Å². The molecule has 28 heavy (non-hydrogen) atoms. The van der Waals surface area contributed by atoms with Crippen molar-refractivity contribution in [3.63, 3.8) is 0 Å². The lowest BCUT2D eigenvalue weighted by atomic mass is 10.1. The third-order valence-corrected chi connectivity index (χ3v) is 5.70. The maximum Gasteiger partial charge on any atom is 0.354 e. The number of carboxylic acid groups (broad SMARTS) is 1. The molecule has 0 spiro atoms. The van der Waals surface area contributed by atoms with Crippen molar-refractivity contribution in [1.29, 1.82) is 0 Å². The number of nitrogens with zero attached hydrogens (tertiary/aromatic N) is 3. The Bertz CT molecular complexity index is 996. The van der Waals surface area contributed by atoms with E-state index in [1.54, 1.807) is 6.07 Å². The van der Waals surface area contributed by atoms with Crippen LogP contribution in [0.4, 0.5) is 0 Å². The van der Waals surface area contributed by atoms with Gasteiger partial charge >= 0.3 is 5.97 Å². The lowest BCUT2D eigenvalue weighted by molar-refractivity contribution is 0.0690. The first-order valence-electron chi connectivity index (χ1n) is 9.47. The van der Waals surface area contributed by atoms with Crippen LogP contribution in [0.5, 0.6) is 0 Å². The molecule has 3 aromatic rings. The quantitative estimate of drug-likeness (QED) is 0.653. The van der Waals surface area contributed by atoms with Gasteiger partial charge in [-0.05, 0) is 37.0 Å². The number of carboxylic acids is 1. The molecule has 1 aromatic carbocycles. The number of nitrogens with one attached hydrogen (secondary N) is 1. The molecule has 2 heterocycles. The summed E-state index contributed by atoms with van der Waals surface area (Å²) in [5.74, 6) is 0.625. The summed E-state index contributed by atoms with van der Waals surface area (Å²) in [5.41, 5.74) is 1.95. The molecular weight excluding hydrogens is 356 g/mol. The first-order chi connectivity index (χ1) is 13.6. The minimum absolute atomic E-state index is 0.0104. The van der Waals surface area contributed by atoms with E-state index in [0.29, 0.717) is 29.2 Å². The number of hydrogen-bond acceptors (Lipinski definition) is 6. The van der Waals surface area contributed by atoms with Crippen LogP contribution in [-0.4, -0.2) is 38.8 Å². The molecular formula is C21H20N4O3. The molecule has 2 aromatic heterocycles. The summed E-state index contributed by atoms with van der Waals surface area (Å²) >= 11 is 0. The van der Waals surface area contributed by atoms with Crippen molar-refractivity contribution in [1.82, 2.24) is 20.4 Å². The Morgan fingerprint density at radius 2 is 2.04 bits per heavy atom. The van der Waals surface area contributed by atoms with E-state index in [9.17, 15) is 4.79 Å². The molecule has 0 radical (unpaired) electrons. The fraction of sp³-hybridized carbons (Fsp3) is 0.333. The maximum atomic E-state index is 10.9. The predicted molar refractivity (Wildman–Crippen MR) is 101 cm³/mol. The maximum absolute atomic E-state index is 10.9. The summed E-state index contributed by atoms with van der Waals surface area (Å²) in [5, 5.41) is 16.8. The third kappa shape index (κ3) is 3.18. The van der Waals surface area contributed by atoms with Crippen LogP contribution in [0.25, 0.3) is 11.5 Å². The van der Waals surface area contributed by atoms with E-state index in [-0.39, 0.29) is 11.1 Å². The molecule has 5 rings (SSSR count). The highest BCUT2D eigenvalue weighted by atomic mass is 16.5. The zero-order valence-electron chi connectivity index (χ0n) is 15.2. The van der Waals surface area contributed by atoms with Gasteiger partial charge in [0.15, 0.2) is 5.82 Å². The number of hydrogen-bond donors (Lipinski definition) is 2. The predicted octanol–water partition coefficient (Wildman–Crippen LogP) is 3.01. The van der Waals surface area contributed by atoms with Crippen molar-refractivity contribution in [2.75, 3.05) is 6.54 Å². The summed E-state index contributed by atoms with van der Waals surface area (Å²) in [6.07, 6.45) is 4.70. The van der Waals surface area contributed by atoms with Gasteiger partial charge in [-0.3, -0.25) is 0 Å². The minimum Gasteiger partial charge on any atom is -0.477 e. The number of benzene rings is 1. The number of aromatic nitrogens is 3. The highest BCUT2D eigenvalue weighted by molar-refractivity contribution is 5.85. The molecule has 2 aliphatic rings. The molecule has 142 valence electrons. The largest absolute Gasteiger partial charge is 0.477 e. The molecule has 2 saturated carbocycles. The second-order valence-corrected chi connectivity index (χ2v) is 7.68. The Kier molecular flexibility index (Phi) is 3.98. The highest BCUT2D eigenvalue weighted by Crippen LogP contribution is 2.48. The van der Waals surface area contributed by atoms with Gasteiger partial charge in [0.05, 0.1) is 5.56 Å². The Morgan fingerprint density at radius 1 is 1.21 bits per heavy atom. The van der Waals surface area contributed by atoms with Crippen LogP contribution in [0.2, 0.25) is 0 Å². The summed E-state index contributed by atoms with van der Waals surface area (Å²) in [6.45, 7) is 0.843. The van der Waals surface area contributed by atoms with Crippen molar-refractivity contribution in [3.8, 4) is 11.5 Å². The van der Waals surface area contributed by atoms with Crippen LogP contribution >= 0.6 is 0 Å². The normalized spacial score (nSPS) is 22.0. The Labute approximate surface area is 161 Å². The summed E-state index contributed by atoms with van der Waals surface area (Å²) in [7, 11) is 0. The average Bonchev–Trinajstić information content (AvgIpc) is 3.64. The van der Waals surface area contributed by atoms with Gasteiger partial charge in [0.25, 0.3) is 5.89 Å². The number of carbonyl (C=O) groups is 1. The van der Waals surface area contributed by atoms with E-state index in [1.807, 2.05) is 6.07 Å². The molecule has 0 saturated heterocycles. The fourth-order valence-corrected chi connectivity index (χ4v) is 3.65. The zero-order valence-corrected chi connectivity index (χ0v) is 15.2. The van der Waals surface area contributed by atoms with Crippen molar-refractivity contribution in [2.24, 2.45) is 0 Å². The van der Waals surface area contributed by atoms with E-state index in [0.717, 1.165) is 19.4 Å². The van der Waals surface area contributed by atoms with Gasteiger partial charge in [-0.2, -0.15) is 4.98 Å². The lowest BCUT2D eigenvalue weighted by Crippen LogP contribution is -2.30. The monoisotopic (exact) mass is 376 g/mol. The van der Waals surface area contributed by atoms with E-state index < -0.39 is 5.97 Å². The molecule has 7 nitrogen and oxygen atoms in total.